The van der Waals surface area contributed by atoms with Crippen molar-refractivity contribution in [1.82, 2.24) is 9.88 Å². The van der Waals surface area contributed by atoms with Gasteiger partial charge in [-0.1, -0.05) is 30.9 Å². The standard InChI is InChI=1S/C24H23F3N2O3.CH5N/c1-3-22(18(16-30)13-17(2)31-20-7-5-4-6-8-20)29-12-11-21(15-29)32-23-10-9-19(14-28-23)24(25,26)27;1-2/h3-10,13-14,16,21H,2,11-12,15H2,1H3;2H2,1H3/b18-13-,22-3+;/t21-;/m0./s1. The van der Waals surface area contributed by atoms with Gasteiger partial charge in [0.25, 0.3) is 0 Å². The van der Waals surface area contributed by atoms with E-state index in [1.165, 1.54) is 13.1 Å². The van der Waals surface area contributed by atoms with Gasteiger partial charge < -0.3 is 20.1 Å². The Morgan fingerprint density at radius 3 is 2.47 bits per heavy atom. The summed E-state index contributed by atoms with van der Waals surface area (Å²) in [7, 11) is 1.50. The Hall–Kier alpha value is -3.59. The third-order valence-corrected chi connectivity index (χ3v) is 4.84. The minimum atomic E-state index is -4.44. The first-order valence-corrected chi connectivity index (χ1v) is 10.6. The monoisotopic (exact) mass is 475 g/mol. The third-order valence-electron chi connectivity index (χ3n) is 4.84. The lowest BCUT2D eigenvalue weighted by atomic mass is 10.1. The van der Waals surface area contributed by atoms with Gasteiger partial charge in [0, 0.05) is 36.5 Å². The molecule has 1 atom stereocenters. The Kier molecular flexibility index (Phi) is 9.88. The van der Waals surface area contributed by atoms with E-state index >= 15 is 0 Å². The quantitative estimate of drug-likeness (QED) is 0.257. The number of rotatable bonds is 8. The molecule has 2 aromatic rings. The van der Waals surface area contributed by atoms with Crippen LogP contribution >= 0.6 is 0 Å². The largest absolute Gasteiger partial charge is 0.472 e. The van der Waals surface area contributed by atoms with Crippen molar-refractivity contribution in [3.63, 3.8) is 0 Å². The lowest BCUT2D eigenvalue weighted by Crippen LogP contribution is -2.26. The Morgan fingerprint density at radius 1 is 1.21 bits per heavy atom. The summed E-state index contributed by atoms with van der Waals surface area (Å²) in [4.78, 5) is 17.5. The lowest BCUT2D eigenvalue weighted by Gasteiger charge is -2.22. The minimum absolute atomic E-state index is 0.127. The molecule has 2 heterocycles. The molecule has 182 valence electrons. The molecule has 1 fully saturated rings. The van der Waals surface area contributed by atoms with E-state index in [-0.39, 0.29) is 12.0 Å². The van der Waals surface area contributed by atoms with Crippen LogP contribution in [0.2, 0.25) is 0 Å². The molecule has 0 spiro atoms. The maximum Gasteiger partial charge on any atom is 0.417 e. The van der Waals surface area contributed by atoms with E-state index in [0.29, 0.717) is 42.3 Å². The van der Waals surface area contributed by atoms with Crippen LogP contribution in [0.25, 0.3) is 0 Å². The molecule has 0 saturated carbocycles. The number of nitrogens with zero attached hydrogens (tertiary/aromatic N) is 2. The second-order valence-electron chi connectivity index (χ2n) is 7.13. The molecule has 0 radical (unpaired) electrons. The topological polar surface area (TPSA) is 77.7 Å². The van der Waals surface area contributed by atoms with Crippen molar-refractivity contribution >= 4 is 6.29 Å². The molecular weight excluding hydrogens is 447 g/mol. The van der Waals surface area contributed by atoms with Gasteiger partial charge in [-0.2, -0.15) is 13.2 Å². The molecule has 2 N–H and O–H groups in total. The van der Waals surface area contributed by atoms with E-state index in [0.717, 1.165) is 18.5 Å². The van der Waals surface area contributed by atoms with Crippen molar-refractivity contribution in [2.45, 2.75) is 25.6 Å². The number of alkyl halides is 3. The van der Waals surface area contributed by atoms with Crippen LogP contribution in [0.15, 0.2) is 84.4 Å². The van der Waals surface area contributed by atoms with Crippen LogP contribution in [0.1, 0.15) is 18.9 Å². The first-order chi connectivity index (χ1) is 16.3. The van der Waals surface area contributed by atoms with Crippen LogP contribution in [0.5, 0.6) is 11.6 Å². The summed E-state index contributed by atoms with van der Waals surface area (Å²) in [6, 6.07) is 11.3. The number of nitrogens with two attached hydrogens (primary N) is 1. The predicted octanol–water partition coefficient (Wildman–Crippen LogP) is 4.75. The normalized spacial score (nSPS) is 16.4. The summed E-state index contributed by atoms with van der Waals surface area (Å²) in [5.74, 6) is 1.06. The molecule has 0 unspecified atom stereocenters. The van der Waals surface area contributed by atoms with E-state index in [4.69, 9.17) is 9.47 Å². The highest BCUT2D eigenvalue weighted by Gasteiger charge is 2.31. The number of ether oxygens (including phenoxy) is 2. The fourth-order valence-electron chi connectivity index (χ4n) is 3.37. The molecule has 9 heteroatoms. The van der Waals surface area contributed by atoms with Crippen LogP contribution in [0.4, 0.5) is 13.2 Å². The zero-order chi connectivity index (χ0) is 25.1. The molecular formula is C25H28F3N3O3. The smallest absolute Gasteiger partial charge is 0.417 e. The van der Waals surface area contributed by atoms with Gasteiger partial charge in [-0.05, 0) is 38.2 Å². The average molecular weight is 476 g/mol. The van der Waals surface area contributed by atoms with Crippen LogP contribution in [-0.2, 0) is 11.0 Å². The van der Waals surface area contributed by atoms with Crippen molar-refractivity contribution in [3.05, 3.63) is 90.0 Å². The number of halogens is 3. The second kappa shape index (κ2) is 12.6. The van der Waals surface area contributed by atoms with Gasteiger partial charge in [-0.3, -0.25) is 4.79 Å². The van der Waals surface area contributed by atoms with Gasteiger partial charge in [0.2, 0.25) is 5.88 Å². The van der Waals surface area contributed by atoms with Gasteiger partial charge in [-0.15, -0.1) is 0 Å². The number of aromatic nitrogens is 1. The Labute approximate surface area is 197 Å². The molecule has 1 aromatic heterocycles. The SMILES string of the molecule is C=C(/C=C(C=O)\C(=C/C)N1CC[C@H](Oc2ccc(C(F)(F)F)cn2)C1)Oc1ccccc1.CN. The van der Waals surface area contributed by atoms with E-state index in [2.05, 4.69) is 17.3 Å². The van der Waals surface area contributed by atoms with Crippen LogP contribution < -0.4 is 15.2 Å². The van der Waals surface area contributed by atoms with E-state index in [1.807, 2.05) is 36.1 Å². The third kappa shape index (κ3) is 7.48. The summed E-state index contributed by atoms with van der Waals surface area (Å²) >= 11 is 0. The summed E-state index contributed by atoms with van der Waals surface area (Å²) in [6.45, 7) is 6.75. The Balaban J connectivity index is 0.00000199. The van der Waals surface area contributed by atoms with E-state index < -0.39 is 11.7 Å². The molecule has 0 amide bonds. The Morgan fingerprint density at radius 2 is 1.91 bits per heavy atom. The fraction of sp³-hybridized carbons (Fsp3) is 0.280. The maximum absolute atomic E-state index is 12.7. The van der Waals surface area contributed by atoms with Gasteiger partial charge in [0.05, 0.1) is 12.1 Å². The number of hydrogen-bond acceptors (Lipinski definition) is 6. The van der Waals surface area contributed by atoms with Crippen LogP contribution in [-0.4, -0.2) is 42.4 Å². The summed E-state index contributed by atoms with van der Waals surface area (Å²) in [5, 5.41) is 0. The highest BCUT2D eigenvalue weighted by molar-refractivity contribution is 5.80. The van der Waals surface area contributed by atoms with Crippen molar-refractivity contribution in [2.75, 3.05) is 20.1 Å². The molecule has 1 saturated heterocycles. The predicted molar refractivity (Wildman–Crippen MR) is 124 cm³/mol. The first kappa shape index (κ1) is 26.7. The van der Waals surface area contributed by atoms with Crippen LogP contribution in [0, 0.1) is 0 Å². The Bertz CT molecular complexity index is 1000. The highest BCUT2D eigenvalue weighted by Crippen LogP contribution is 2.30. The number of para-hydroxylation sites is 1. The van der Waals surface area contributed by atoms with E-state index in [1.54, 1.807) is 18.2 Å². The summed E-state index contributed by atoms with van der Waals surface area (Å²) in [6.07, 6.45) is 0.794. The number of allylic oxidation sites excluding steroid dienone is 3. The molecule has 0 aliphatic carbocycles. The molecule has 3 rings (SSSR count). The average Bonchev–Trinajstić information content (AvgIpc) is 3.28. The summed E-state index contributed by atoms with van der Waals surface area (Å²) in [5.41, 5.74) is 4.78. The van der Waals surface area contributed by atoms with Crippen molar-refractivity contribution in [1.29, 1.82) is 0 Å². The number of hydrogen-bond donors (Lipinski definition) is 1. The number of carbonyl (C=O) groups is 1. The van der Waals surface area contributed by atoms with Gasteiger partial charge in [-0.25, -0.2) is 4.98 Å². The van der Waals surface area contributed by atoms with Crippen molar-refractivity contribution < 1.29 is 27.4 Å². The molecule has 6 nitrogen and oxygen atoms in total. The number of carbonyl (C=O) groups excluding carboxylic acids is 1. The second-order valence-corrected chi connectivity index (χ2v) is 7.13. The fourth-order valence-corrected chi connectivity index (χ4v) is 3.37. The molecule has 1 aliphatic rings. The zero-order valence-electron chi connectivity index (χ0n) is 19.1. The number of aldehydes is 1. The maximum atomic E-state index is 12.7. The van der Waals surface area contributed by atoms with Crippen molar-refractivity contribution in [2.24, 2.45) is 5.73 Å². The number of pyridine rings is 1. The van der Waals surface area contributed by atoms with Gasteiger partial charge >= 0.3 is 6.18 Å². The highest BCUT2D eigenvalue weighted by atomic mass is 19.4. The van der Waals surface area contributed by atoms with Gasteiger partial charge in [0.15, 0.2) is 6.29 Å². The molecule has 1 aliphatic heterocycles. The van der Waals surface area contributed by atoms with Crippen LogP contribution in [0.3, 0.4) is 0 Å². The number of benzene rings is 1. The molecule has 1 aromatic carbocycles. The van der Waals surface area contributed by atoms with Gasteiger partial charge in [0.1, 0.15) is 17.6 Å². The minimum Gasteiger partial charge on any atom is -0.472 e. The molecule has 34 heavy (non-hydrogen) atoms. The van der Waals surface area contributed by atoms with Crippen molar-refractivity contribution in [3.8, 4) is 11.6 Å². The summed E-state index contributed by atoms with van der Waals surface area (Å²) < 4.78 is 49.4. The van der Waals surface area contributed by atoms with E-state index in [9.17, 15) is 18.0 Å². The molecule has 0 bridgehead atoms. The number of likely N-dealkylation sites (tertiary alicyclic amines) is 1. The zero-order valence-corrected chi connectivity index (χ0v) is 19.1. The first-order valence-electron chi connectivity index (χ1n) is 10.6. The lowest BCUT2D eigenvalue weighted by molar-refractivity contribution is -0.137.